The number of nitrogens with zero attached hydrogens (tertiary/aromatic N) is 2. The van der Waals surface area contributed by atoms with E-state index >= 15 is 0 Å². The molecule has 1 aromatic carbocycles. The molecule has 2 aliphatic heterocycles. The molecule has 2 saturated heterocycles. The lowest BCUT2D eigenvalue weighted by atomic mass is 10.0. The molecule has 30 heavy (non-hydrogen) atoms. The summed E-state index contributed by atoms with van der Waals surface area (Å²) in [7, 11) is 0. The Bertz CT molecular complexity index is 725. The highest BCUT2D eigenvalue weighted by Gasteiger charge is 2.30. The second-order valence-electron chi connectivity index (χ2n) is 9.22. The average molecular weight is 418 g/mol. The van der Waals surface area contributed by atoms with Crippen LogP contribution in [0.25, 0.3) is 0 Å². The summed E-state index contributed by atoms with van der Waals surface area (Å²) in [6.45, 7) is 11.7. The molecular weight excluding hydrogens is 382 g/mol. The minimum atomic E-state index is -0.499. The smallest absolute Gasteiger partial charge is 0.410 e. The Balaban J connectivity index is 1.44. The largest absolute Gasteiger partial charge is 0.444 e. The van der Waals surface area contributed by atoms with Crippen molar-refractivity contribution in [1.82, 2.24) is 15.1 Å². The van der Waals surface area contributed by atoms with Gasteiger partial charge in [0.05, 0.1) is 13.2 Å². The Morgan fingerprint density at radius 1 is 1.13 bits per heavy atom. The zero-order valence-electron chi connectivity index (χ0n) is 18.5. The SMILES string of the molecule is CC(C)(C)OC(=O)N1CC[C@@H](CC(=O)NCc2ccccc2CN2CCOCC2)C1. The van der Waals surface area contributed by atoms with E-state index in [0.29, 0.717) is 26.1 Å². The molecule has 2 amide bonds. The van der Waals surface area contributed by atoms with Gasteiger partial charge in [0, 0.05) is 45.7 Å². The summed E-state index contributed by atoms with van der Waals surface area (Å²) < 4.78 is 10.9. The summed E-state index contributed by atoms with van der Waals surface area (Å²) in [4.78, 5) is 28.8. The number of hydrogen-bond donors (Lipinski definition) is 1. The molecular formula is C23H35N3O4. The number of rotatable bonds is 6. The van der Waals surface area contributed by atoms with Crippen LogP contribution in [0.3, 0.4) is 0 Å². The Morgan fingerprint density at radius 2 is 1.83 bits per heavy atom. The molecule has 0 saturated carbocycles. The van der Waals surface area contributed by atoms with Crippen molar-refractivity contribution in [3.8, 4) is 0 Å². The predicted molar refractivity (Wildman–Crippen MR) is 115 cm³/mol. The summed E-state index contributed by atoms with van der Waals surface area (Å²) in [6.07, 6.45) is 0.980. The van der Waals surface area contributed by atoms with Gasteiger partial charge >= 0.3 is 6.09 Å². The van der Waals surface area contributed by atoms with E-state index < -0.39 is 5.60 Å². The van der Waals surface area contributed by atoms with Crippen LogP contribution >= 0.6 is 0 Å². The second kappa shape index (κ2) is 10.3. The van der Waals surface area contributed by atoms with Gasteiger partial charge in [0.25, 0.3) is 0 Å². The van der Waals surface area contributed by atoms with Gasteiger partial charge in [0.1, 0.15) is 5.60 Å². The quantitative estimate of drug-likeness (QED) is 0.771. The molecule has 7 nitrogen and oxygen atoms in total. The molecule has 1 atom stereocenters. The lowest BCUT2D eigenvalue weighted by Gasteiger charge is -2.27. The Kier molecular flexibility index (Phi) is 7.72. The normalized spacial score (nSPS) is 20.2. The van der Waals surface area contributed by atoms with Crippen molar-refractivity contribution < 1.29 is 19.1 Å². The average Bonchev–Trinajstić information content (AvgIpc) is 3.15. The molecule has 2 fully saturated rings. The Labute approximate surface area is 179 Å². The number of benzene rings is 1. The third-order valence-corrected chi connectivity index (χ3v) is 5.50. The van der Waals surface area contributed by atoms with Crippen LogP contribution < -0.4 is 5.32 Å². The molecule has 0 unspecified atom stereocenters. The fraction of sp³-hybridized carbons (Fsp3) is 0.652. The van der Waals surface area contributed by atoms with Crippen molar-refractivity contribution in [3.05, 3.63) is 35.4 Å². The molecule has 1 aromatic rings. The van der Waals surface area contributed by atoms with E-state index in [9.17, 15) is 9.59 Å². The first kappa shape index (κ1) is 22.6. The first-order chi connectivity index (χ1) is 14.3. The van der Waals surface area contributed by atoms with Crippen LogP contribution in [0.1, 0.15) is 44.7 Å². The van der Waals surface area contributed by atoms with Gasteiger partial charge in [-0.15, -0.1) is 0 Å². The molecule has 2 heterocycles. The third-order valence-electron chi connectivity index (χ3n) is 5.50. The van der Waals surface area contributed by atoms with Crippen molar-refractivity contribution in [2.45, 2.75) is 52.3 Å². The molecule has 0 spiro atoms. The van der Waals surface area contributed by atoms with Crippen molar-refractivity contribution >= 4 is 12.0 Å². The highest BCUT2D eigenvalue weighted by Crippen LogP contribution is 2.22. The monoisotopic (exact) mass is 417 g/mol. The van der Waals surface area contributed by atoms with Gasteiger partial charge in [0.2, 0.25) is 5.91 Å². The molecule has 2 aliphatic rings. The van der Waals surface area contributed by atoms with Gasteiger partial charge in [-0.05, 0) is 44.2 Å². The van der Waals surface area contributed by atoms with Crippen LogP contribution in [0, 0.1) is 5.92 Å². The van der Waals surface area contributed by atoms with Gasteiger partial charge < -0.3 is 19.7 Å². The minimum absolute atomic E-state index is 0.0345. The van der Waals surface area contributed by atoms with E-state index in [1.807, 2.05) is 32.9 Å². The molecule has 0 aromatic heterocycles. The van der Waals surface area contributed by atoms with Crippen LogP contribution in [-0.4, -0.2) is 66.8 Å². The highest BCUT2D eigenvalue weighted by molar-refractivity contribution is 5.76. The molecule has 7 heteroatoms. The molecule has 0 bridgehead atoms. The first-order valence-corrected chi connectivity index (χ1v) is 10.9. The third kappa shape index (κ3) is 6.99. The fourth-order valence-corrected chi connectivity index (χ4v) is 3.90. The first-order valence-electron chi connectivity index (χ1n) is 10.9. The molecule has 166 valence electrons. The van der Waals surface area contributed by atoms with Crippen LogP contribution in [0.15, 0.2) is 24.3 Å². The highest BCUT2D eigenvalue weighted by atomic mass is 16.6. The Hall–Kier alpha value is -2.12. The number of hydrogen-bond acceptors (Lipinski definition) is 5. The van der Waals surface area contributed by atoms with Gasteiger partial charge in [-0.2, -0.15) is 0 Å². The van der Waals surface area contributed by atoms with E-state index in [2.05, 4.69) is 22.3 Å². The lowest BCUT2D eigenvalue weighted by Crippen LogP contribution is -2.36. The Morgan fingerprint density at radius 3 is 2.53 bits per heavy atom. The second-order valence-corrected chi connectivity index (χ2v) is 9.22. The van der Waals surface area contributed by atoms with Crippen molar-refractivity contribution in [1.29, 1.82) is 0 Å². The molecule has 1 N–H and O–H groups in total. The van der Waals surface area contributed by atoms with Crippen LogP contribution in [0.2, 0.25) is 0 Å². The zero-order chi connectivity index (χ0) is 21.6. The van der Waals surface area contributed by atoms with Gasteiger partial charge in [0.15, 0.2) is 0 Å². The minimum Gasteiger partial charge on any atom is -0.444 e. The van der Waals surface area contributed by atoms with Crippen molar-refractivity contribution in [2.24, 2.45) is 5.92 Å². The van der Waals surface area contributed by atoms with Crippen LogP contribution in [0.4, 0.5) is 4.79 Å². The number of likely N-dealkylation sites (tertiary alicyclic amines) is 1. The van der Waals surface area contributed by atoms with Gasteiger partial charge in [-0.3, -0.25) is 9.69 Å². The maximum atomic E-state index is 12.5. The number of ether oxygens (including phenoxy) is 2. The van der Waals surface area contributed by atoms with Crippen molar-refractivity contribution in [2.75, 3.05) is 39.4 Å². The van der Waals surface area contributed by atoms with Crippen molar-refractivity contribution in [3.63, 3.8) is 0 Å². The maximum Gasteiger partial charge on any atom is 0.410 e. The van der Waals surface area contributed by atoms with Gasteiger partial charge in [-0.25, -0.2) is 4.79 Å². The predicted octanol–water partition coefficient (Wildman–Crippen LogP) is 2.78. The standard InChI is InChI=1S/C23H35N3O4/c1-23(2,3)30-22(28)26-9-8-18(16-26)14-21(27)24-15-19-6-4-5-7-20(19)17-25-10-12-29-13-11-25/h4-7,18H,8-17H2,1-3H3,(H,24,27)/t18-/m0/s1. The van der Waals surface area contributed by atoms with E-state index in [4.69, 9.17) is 9.47 Å². The summed E-state index contributed by atoms with van der Waals surface area (Å²) in [5.41, 5.74) is 1.90. The van der Waals surface area contributed by atoms with E-state index in [-0.39, 0.29) is 17.9 Å². The molecule has 0 aliphatic carbocycles. The number of carbonyl (C=O) groups is 2. The van der Waals surface area contributed by atoms with Gasteiger partial charge in [-0.1, -0.05) is 24.3 Å². The molecule has 0 radical (unpaired) electrons. The van der Waals surface area contributed by atoms with Crippen LogP contribution in [0.5, 0.6) is 0 Å². The number of carbonyl (C=O) groups excluding carboxylic acids is 2. The summed E-state index contributed by atoms with van der Waals surface area (Å²) in [5, 5.41) is 3.07. The van der Waals surface area contributed by atoms with Crippen LogP contribution in [-0.2, 0) is 27.4 Å². The topological polar surface area (TPSA) is 71.1 Å². The summed E-state index contributed by atoms with van der Waals surface area (Å²) in [5.74, 6) is 0.216. The lowest BCUT2D eigenvalue weighted by molar-refractivity contribution is -0.122. The van der Waals surface area contributed by atoms with E-state index in [1.165, 1.54) is 5.56 Å². The summed E-state index contributed by atoms with van der Waals surface area (Å²) >= 11 is 0. The summed E-state index contributed by atoms with van der Waals surface area (Å²) in [6, 6.07) is 8.27. The number of nitrogens with one attached hydrogen (secondary N) is 1. The van der Waals surface area contributed by atoms with E-state index in [0.717, 1.165) is 44.8 Å². The fourth-order valence-electron chi connectivity index (χ4n) is 3.90. The number of morpholine rings is 1. The van der Waals surface area contributed by atoms with E-state index in [1.54, 1.807) is 4.90 Å². The zero-order valence-corrected chi connectivity index (χ0v) is 18.5. The molecule has 3 rings (SSSR count). The maximum absolute atomic E-state index is 12.5. The number of amides is 2.